The molecule has 0 saturated carbocycles. The Morgan fingerprint density at radius 3 is 2.77 bits per heavy atom. The van der Waals surface area contributed by atoms with Crippen LogP contribution in [0.4, 0.5) is 10.1 Å². The van der Waals surface area contributed by atoms with E-state index in [2.05, 4.69) is 21.6 Å². The van der Waals surface area contributed by atoms with Crippen LogP contribution in [0.2, 0.25) is 0 Å². The molecular weight excluding hydrogens is 351 g/mol. The molecule has 2 heterocycles. The lowest BCUT2D eigenvalue weighted by Gasteiger charge is -2.07. The number of thioether (sulfide) groups is 1. The number of benzene rings is 2. The summed E-state index contributed by atoms with van der Waals surface area (Å²) in [7, 11) is 0. The maximum Gasteiger partial charge on any atom is 0.234 e. The monoisotopic (exact) mass is 366 g/mol. The number of halogens is 1. The quantitative estimate of drug-likeness (QED) is 0.553. The normalized spacial score (nSPS) is 11.2. The highest BCUT2D eigenvalue weighted by Gasteiger charge is 2.14. The van der Waals surface area contributed by atoms with Crippen molar-refractivity contribution in [2.45, 2.75) is 12.1 Å². The Labute approximate surface area is 153 Å². The van der Waals surface area contributed by atoms with Gasteiger partial charge in [-0.25, -0.2) is 4.39 Å². The predicted octanol–water partition coefficient (Wildman–Crippen LogP) is 4.06. The minimum atomic E-state index is -0.458. The van der Waals surface area contributed by atoms with Crippen molar-refractivity contribution in [2.75, 3.05) is 11.1 Å². The second kappa shape index (κ2) is 6.76. The molecule has 1 amide bonds. The molecule has 5 nitrogen and oxygen atoms in total. The number of rotatable bonds is 4. The number of nitrogens with one attached hydrogen (secondary N) is 1. The first-order chi connectivity index (χ1) is 12.6. The van der Waals surface area contributed by atoms with Crippen LogP contribution in [-0.2, 0) is 4.79 Å². The highest BCUT2D eigenvalue weighted by atomic mass is 32.2. The van der Waals surface area contributed by atoms with E-state index in [9.17, 15) is 9.18 Å². The molecule has 2 aromatic carbocycles. The number of pyridine rings is 1. The molecule has 0 radical (unpaired) electrons. The fourth-order valence-electron chi connectivity index (χ4n) is 2.83. The highest BCUT2D eigenvalue weighted by Crippen LogP contribution is 2.25. The van der Waals surface area contributed by atoms with Crippen molar-refractivity contribution >= 4 is 39.9 Å². The molecule has 0 saturated heterocycles. The van der Waals surface area contributed by atoms with Gasteiger partial charge in [0.05, 0.1) is 17.0 Å². The van der Waals surface area contributed by atoms with Gasteiger partial charge in [-0.3, -0.25) is 9.20 Å². The number of hydrogen-bond acceptors (Lipinski definition) is 4. The van der Waals surface area contributed by atoms with E-state index < -0.39 is 5.82 Å². The van der Waals surface area contributed by atoms with E-state index in [1.807, 2.05) is 35.6 Å². The number of hydrogen-bond donors (Lipinski definition) is 1. The first kappa shape index (κ1) is 16.5. The highest BCUT2D eigenvalue weighted by molar-refractivity contribution is 7.99. The minimum Gasteiger partial charge on any atom is -0.323 e. The van der Waals surface area contributed by atoms with E-state index in [1.165, 1.54) is 23.9 Å². The van der Waals surface area contributed by atoms with Crippen molar-refractivity contribution in [1.29, 1.82) is 0 Å². The molecule has 130 valence electrons. The summed E-state index contributed by atoms with van der Waals surface area (Å²) in [5, 5.41) is 12.8. The maximum atomic E-state index is 13.6. The Morgan fingerprint density at radius 2 is 1.92 bits per heavy atom. The van der Waals surface area contributed by atoms with Crippen LogP contribution in [0.5, 0.6) is 0 Å². The van der Waals surface area contributed by atoms with E-state index in [1.54, 1.807) is 12.1 Å². The fraction of sp³-hybridized carbons (Fsp3) is 0.105. The summed E-state index contributed by atoms with van der Waals surface area (Å²) in [5.74, 6) is -0.647. The van der Waals surface area contributed by atoms with E-state index in [-0.39, 0.29) is 17.3 Å². The molecule has 26 heavy (non-hydrogen) atoms. The average Bonchev–Trinajstić information content (AvgIpc) is 3.07. The molecule has 4 rings (SSSR count). The smallest absolute Gasteiger partial charge is 0.234 e. The molecule has 0 aliphatic heterocycles. The summed E-state index contributed by atoms with van der Waals surface area (Å²) >= 11 is 1.27. The van der Waals surface area contributed by atoms with Crippen LogP contribution in [0.3, 0.4) is 0 Å². The Balaban J connectivity index is 1.60. The summed E-state index contributed by atoms with van der Waals surface area (Å²) in [4.78, 5) is 12.2. The van der Waals surface area contributed by atoms with Crippen LogP contribution >= 0.6 is 11.8 Å². The van der Waals surface area contributed by atoms with Crippen molar-refractivity contribution in [3.05, 3.63) is 66.0 Å². The largest absolute Gasteiger partial charge is 0.323 e. The topological polar surface area (TPSA) is 59.3 Å². The van der Waals surface area contributed by atoms with Crippen LogP contribution in [-0.4, -0.2) is 26.3 Å². The van der Waals surface area contributed by atoms with E-state index in [0.29, 0.717) is 5.16 Å². The molecule has 7 heteroatoms. The molecule has 0 aliphatic carbocycles. The van der Waals surface area contributed by atoms with Gasteiger partial charge in [-0.1, -0.05) is 42.1 Å². The lowest BCUT2D eigenvalue weighted by molar-refractivity contribution is -0.113. The molecule has 0 bridgehead atoms. The Kier molecular flexibility index (Phi) is 4.30. The number of anilines is 1. The van der Waals surface area contributed by atoms with Crippen LogP contribution in [0.1, 0.15) is 5.56 Å². The average molecular weight is 366 g/mol. The maximum absolute atomic E-state index is 13.6. The minimum absolute atomic E-state index is 0.109. The molecule has 4 aromatic rings. The zero-order chi connectivity index (χ0) is 18.1. The molecular formula is C19H15FN4OS. The number of para-hydroxylation sites is 2. The second-order valence-electron chi connectivity index (χ2n) is 5.84. The number of nitrogens with zero attached hydrogens (tertiary/aromatic N) is 3. The molecule has 0 atom stereocenters. The summed E-state index contributed by atoms with van der Waals surface area (Å²) in [6.45, 7) is 1.98. The van der Waals surface area contributed by atoms with Crippen LogP contribution < -0.4 is 5.32 Å². The van der Waals surface area contributed by atoms with Gasteiger partial charge in [0.15, 0.2) is 10.8 Å². The van der Waals surface area contributed by atoms with Gasteiger partial charge < -0.3 is 5.32 Å². The number of aryl methyl sites for hydroxylation is 1. The van der Waals surface area contributed by atoms with Gasteiger partial charge in [0, 0.05) is 0 Å². The Morgan fingerprint density at radius 1 is 1.15 bits per heavy atom. The SMILES string of the molecule is Cc1cc2ccccc2n2c(SCC(=O)Nc3ccccc3F)nnc12. The predicted molar refractivity (Wildman–Crippen MR) is 101 cm³/mol. The molecule has 0 spiro atoms. The zero-order valence-corrected chi connectivity index (χ0v) is 14.8. The van der Waals surface area contributed by atoms with E-state index >= 15 is 0 Å². The fourth-order valence-corrected chi connectivity index (χ4v) is 3.57. The van der Waals surface area contributed by atoms with E-state index in [0.717, 1.165) is 22.1 Å². The van der Waals surface area contributed by atoms with Crippen molar-refractivity contribution in [2.24, 2.45) is 0 Å². The van der Waals surface area contributed by atoms with E-state index in [4.69, 9.17) is 0 Å². The lowest BCUT2D eigenvalue weighted by Crippen LogP contribution is -2.15. The summed E-state index contributed by atoms with van der Waals surface area (Å²) in [5.41, 5.74) is 2.93. The van der Waals surface area contributed by atoms with Crippen LogP contribution in [0.15, 0.2) is 59.8 Å². The van der Waals surface area contributed by atoms with Gasteiger partial charge in [0.1, 0.15) is 5.82 Å². The number of carbonyl (C=O) groups excluding carboxylic acids is 1. The van der Waals surface area contributed by atoms with Crippen LogP contribution in [0, 0.1) is 12.7 Å². The van der Waals surface area contributed by atoms with Gasteiger partial charge >= 0.3 is 0 Å². The number of fused-ring (bicyclic) bond motifs is 3. The third-order valence-electron chi connectivity index (χ3n) is 4.02. The summed E-state index contributed by atoms with van der Waals surface area (Å²) < 4.78 is 15.6. The summed E-state index contributed by atoms with van der Waals surface area (Å²) in [6, 6.07) is 16.1. The third kappa shape index (κ3) is 3.01. The number of aromatic nitrogens is 3. The number of carbonyl (C=O) groups is 1. The standard InChI is InChI=1S/C19H15FN4OS/c1-12-10-13-6-2-5-9-16(13)24-18(12)22-23-19(24)26-11-17(25)21-15-8-4-3-7-14(15)20/h2-10H,11H2,1H3,(H,21,25). The van der Waals surface area contributed by atoms with Crippen molar-refractivity contribution < 1.29 is 9.18 Å². The Bertz CT molecular complexity index is 1130. The van der Waals surface area contributed by atoms with Gasteiger partial charge in [0.2, 0.25) is 5.91 Å². The zero-order valence-electron chi connectivity index (χ0n) is 13.9. The lowest BCUT2D eigenvalue weighted by atomic mass is 10.1. The van der Waals surface area contributed by atoms with Gasteiger partial charge in [-0.2, -0.15) is 0 Å². The molecule has 0 unspecified atom stereocenters. The van der Waals surface area contributed by atoms with Crippen molar-refractivity contribution in [1.82, 2.24) is 14.6 Å². The van der Waals surface area contributed by atoms with Crippen LogP contribution in [0.25, 0.3) is 16.6 Å². The molecule has 0 fully saturated rings. The number of amides is 1. The van der Waals surface area contributed by atoms with Crippen molar-refractivity contribution in [3.63, 3.8) is 0 Å². The first-order valence-electron chi connectivity index (χ1n) is 8.04. The molecule has 2 aromatic heterocycles. The second-order valence-corrected chi connectivity index (χ2v) is 6.79. The third-order valence-corrected chi connectivity index (χ3v) is 4.94. The van der Waals surface area contributed by atoms with Gasteiger partial charge in [0.25, 0.3) is 0 Å². The molecule has 0 aliphatic rings. The first-order valence-corrected chi connectivity index (χ1v) is 9.03. The van der Waals surface area contributed by atoms with Gasteiger partial charge in [-0.05, 0) is 42.1 Å². The molecule has 1 N–H and O–H groups in total. The van der Waals surface area contributed by atoms with Crippen molar-refractivity contribution in [3.8, 4) is 0 Å². The Hall–Kier alpha value is -2.93. The van der Waals surface area contributed by atoms with Gasteiger partial charge in [-0.15, -0.1) is 10.2 Å². The summed E-state index contributed by atoms with van der Waals surface area (Å²) in [6.07, 6.45) is 0.